The molecule has 0 saturated carbocycles. The van der Waals surface area contributed by atoms with E-state index in [1.54, 1.807) is 18.2 Å². The molecule has 0 aromatic heterocycles. The van der Waals surface area contributed by atoms with Gasteiger partial charge in [-0.05, 0) is 17.2 Å². The summed E-state index contributed by atoms with van der Waals surface area (Å²) in [4.78, 5) is 11.9. The van der Waals surface area contributed by atoms with Crippen LogP contribution in [0, 0.1) is 0 Å². The predicted molar refractivity (Wildman–Crippen MR) is 57.0 cm³/mol. The van der Waals surface area contributed by atoms with E-state index < -0.39 is 0 Å². The highest BCUT2D eigenvalue weighted by Gasteiger charge is 2.28. The summed E-state index contributed by atoms with van der Waals surface area (Å²) in [6.45, 7) is 0. The number of phenolic OH excluding ortho intramolecular Hbond substituents is 1. The van der Waals surface area contributed by atoms with Gasteiger partial charge in [0.2, 0.25) is 0 Å². The molecule has 2 nitrogen and oxygen atoms in total. The van der Waals surface area contributed by atoms with Gasteiger partial charge in [0.05, 0.1) is 5.56 Å². The van der Waals surface area contributed by atoms with Crippen LogP contribution in [-0.4, -0.2) is 10.9 Å². The molecule has 0 amide bonds. The quantitative estimate of drug-likeness (QED) is 0.600. The Morgan fingerprint density at radius 1 is 0.800 bits per heavy atom. The normalized spacial score (nSPS) is 12.4. The molecule has 0 heterocycles. The minimum absolute atomic E-state index is 0.0636. The summed E-state index contributed by atoms with van der Waals surface area (Å²) in [7, 11) is 0. The number of phenols is 1. The van der Waals surface area contributed by atoms with Crippen LogP contribution in [0.4, 0.5) is 0 Å². The van der Waals surface area contributed by atoms with Crippen LogP contribution in [-0.2, 0) is 0 Å². The van der Waals surface area contributed by atoms with Gasteiger partial charge in [-0.25, -0.2) is 0 Å². The fourth-order valence-electron chi connectivity index (χ4n) is 2.05. The Hall–Kier alpha value is -2.09. The Balaban J connectivity index is 2.43. The van der Waals surface area contributed by atoms with E-state index in [0.29, 0.717) is 11.1 Å². The largest absolute Gasteiger partial charge is 0.507 e. The molecule has 72 valence electrons. The van der Waals surface area contributed by atoms with Crippen molar-refractivity contribution in [2.24, 2.45) is 0 Å². The lowest BCUT2D eigenvalue weighted by molar-refractivity contribution is 0.104. The number of ketones is 1. The standard InChI is InChI=1S/C13H8O2/c14-11-7-3-6-9-8-4-1-2-5-10(8)13(15)12(9)11/h1-7,14H. The van der Waals surface area contributed by atoms with Crippen molar-refractivity contribution in [3.63, 3.8) is 0 Å². The van der Waals surface area contributed by atoms with E-state index in [0.717, 1.165) is 11.1 Å². The highest BCUT2D eigenvalue weighted by molar-refractivity contribution is 6.23. The van der Waals surface area contributed by atoms with Crippen LogP contribution in [0.2, 0.25) is 0 Å². The maximum Gasteiger partial charge on any atom is 0.197 e. The first-order valence-corrected chi connectivity index (χ1v) is 4.75. The Bertz CT molecular complexity index is 570. The van der Waals surface area contributed by atoms with Gasteiger partial charge in [-0.2, -0.15) is 0 Å². The van der Waals surface area contributed by atoms with Crippen LogP contribution in [0.15, 0.2) is 42.5 Å². The number of fused-ring (bicyclic) bond motifs is 3. The average molecular weight is 196 g/mol. The molecule has 0 saturated heterocycles. The molecule has 1 N–H and O–H groups in total. The van der Waals surface area contributed by atoms with Gasteiger partial charge in [0.25, 0.3) is 0 Å². The third-order valence-electron chi connectivity index (χ3n) is 2.73. The number of carbonyl (C=O) groups is 1. The predicted octanol–water partition coefficient (Wildman–Crippen LogP) is 2.60. The van der Waals surface area contributed by atoms with E-state index in [-0.39, 0.29) is 11.5 Å². The zero-order valence-electron chi connectivity index (χ0n) is 7.90. The maximum atomic E-state index is 11.9. The lowest BCUT2D eigenvalue weighted by Crippen LogP contribution is -1.94. The van der Waals surface area contributed by atoms with Gasteiger partial charge < -0.3 is 5.11 Å². The average Bonchev–Trinajstić information content (AvgIpc) is 2.55. The molecule has 0 spiro atoms. The highest BCUT2D eigenvalue weighted by atomic mass is 16.3. The zero-order chi connectivity index (χ0) is 10.4. The van der Waals surface area contributed by atoms with Crippen molar-refractivity contribution in [2.75, 3.05) is 0 Å². The van der Waals surface area contributed by atoms with Crippen molar-refractivity contribution in [2.45, 2.75) is 0 Å². The third-order valence-corrected chi connectivity index (χ3v) is 2.73. The Labute approximate surface area is 86.8 Å². The fourth-order valence-corrected chi connectivity index (χ4v) is 2.05. The van der Waals surface area contributed by atoms with E-state index in [4.69, 9.17) is 0 Å². The van der Waals surface area contributed by atoms with E-state index in [1.165, 1.54) is 0 Å². The van der Waals surface area contributed by atoms with Gasteiger partial charge >= 0.3 is 0 Å². The Kier molecular flexibility index (Phi) is 1.48. The van der Waals surface area contributed by atoms with Gasteiger partial charge in [0, 0.05) is 5.56 Å². The number of aromatic hydroxyl groups is 1. The third kappa shape index (κ3) is 0.960. The summed E-state index contributed by atoms with van der Waals surface area (Å²) >= 11 is 0. The molecule has 2 aromatic rings. The van der Waals surface area contributed by atoms with Crippen LogP contribution < -0.4 is 0 Å². The molecule has 3 rings (SSSR count). The van der Waals surface area contributed by atoms with Crippen LogP contribution >= 0.6 is 0 Å². The number of hydrogen-bond acceptors (Lipinski definition) is 2. The molecule has 2 heteroatoms. The molecule has 1 aliphatic rings. The second-order valence-electron chi connectivity index (χ2n) is 3.57. The van der Waals surface area contributed by atoms with Crippen molar-refractivity contribution < 1.29 is 9.90 Å². The molecular formula is C13H8O2. The first-order chi connectivity index (χ1) is 7.29. The molecule has 0 aliphatic heterocycles. The molecular weight excluding hydrogens is 188 g/mol. The topological polar surface area (TPSA) is 37.3 Å². The molecule has 0 atom stereocenters. The van der Waals surface area contributed by atoms with Crippen molar-refractivity contribution in [1.29, 1.82) is 0 Å². The monoisotopic (exact) mass is 196 g/mol. The summed E-state index contributed by atoms with van der Waals surface area (Å²) in [5, 5.41) is 9.65. The van der Waals surface area contributed by atoms with Gasteiger partial charge in [-0.15, -0.1) is 0 Å². The van der Waals surface area contributed by atoms with Crippen LogP contribution in [0.25, 0.3) is 11.1 Å². The van der Waals surface area contributed by atoms with Gasteiger partial charge in [-0.3, -0.25) is 4.79 Å². The first-order valence-electron chi connectivity index (χ1n) is 4.75. The fraction of sp³-hybridized carbons (Fsp3) is 0. The van der Waals surface area contributed by atoms with Crippen LogP contribution in [0.1, 0.15) is 15.9 Å². The van der Waals surface area contributed by atoms with E-state index in [9.17, 15) is 9.90 Å². The van der Waals surface area contributed by atoms with Crippen molar-refractivity contribution in [1.82, 2.24) is 0 Å². The smallest absolute Gasteiger partial charge is 0.197 e. The van der Waals surface area contributed by atoms with Crippen molar-refractivity contribution >= 4 is 5.78 Å². The van der Waals surface area contributed by atoms with Crippen LogP contribution in [0.5, 0.6) is 5.75 Å². The molecule has 0 fully saturated rings. The highest BCUT2D eigenvalue weighted by Crippen LogP contribution is 2.40. The molecule has 0 unspecified atom stereocenters. The second-order valence-corrected chi connectivity index (χ2v) is 3.57. The number of rotatable bonds is 0. The van der Waals surface area contributed by atoms with Gasteiger partial charge in [0.1, 0.15) is 5.75 Å². The molecule has 0 bridgehead atoms. The summed E-state index contributed by atoms with van der Waals surface area (Å²) in [6, 6.07) is 12.6. The minimum atomic E-state index is -0.0845. The van der Waals surface area contributed by atoms with Gasteiger partial charge in [-0.1, -0.05) is 36.4 Å². The first kappa shape index (κ1) is 8.24. The van der Waals surface area contributed by atoms with Gasteiger partial charge in [0.15, 0.2) is 5.78 Å². The maximum absolute atomic E-state index is 11.9. The Morgan fingerprint density at radius 3 is 2.27 bits per heavy atom. The molecule has 1 aliphatic carbocycles. The number of benzene rings is 2. The van der Waals surface area contributed by atoms with Crippen LogP contribution in [0.3, 0.4) is 0 Å². The minimum Gasteiger partial charge on any atom is -0.507 e. The Morgan fingerprint density at radius 2 is 1.47 bits per heavy atom. The second kappa shape index (κ2) is 2.70. The summed E-state index contributed by atoms with van der Waals surface area (Å²) in [5.41, 5.74) is 2.84. The summed E-state index contributed by atoms with van der Waals surface area (Å²) < 4.78 is 0. The zero-order valence-corrected chi connectivity index (χ0v) is 7.90. The number of carbonyl (C=O) groups excluding carboxylic acids is 1. The molecule has 0 radical (unpaired) electrons. The van der Waals surface area contributed by atoms with Crippen molar-refractivity contribution in [3.05, 3.63) is 53.6 Å². The van der Waals surface area contributed by atoms with Crippen molar-refractivity contribution in [3.8, 4) is 16.9 Å². The van der Waals surface area contributed by atoms with E-state index in [1.807, 2.05) is 24.3 Å². The van der Waals surface area contributed by atoms with E-state index in [2.05, 4.69) is 0 Å². The SMILES string of the molecule is O=C1c2ccccc2-c2cccc(O)c21. The molecule has 15 heavy (non-hydrogen) atoms. The van der Waals surface area contributed by atoms with E-state index >= 15 is 0 Å². The summed E-state index contributed by atoms with van der Waals surface area (Å²) in [5.74, 6) is -0.0209. The number of hydrogen-bond donors (Lipinski definition) is 1. The lowest BCUT2D eigenvalue weighted by Gasteiger charge is -1.99. The molecule has 2 aromatic carbocycles. The lowest BCUT2D eigenvalue weighted by atomic mass is 10.1. The summed E-state index contributed by atoms with van der Waals surface area (Å²) in [6.07, 6.45) is 0.